The summed E-state index contributed by atoms with van der Waals surface area (Å²) < 4.78 is 10.5. The number of ether oxygens (including phenoxy) is 2. The van der Waals surface area contributed by atoms with E-state index in [2.05, 4.69) is 10.6 Å². The van der Waals surface area contributed by atoms with Crippen molar-refractivity contribution in [2.45, 2.75) is 45.1 Å². The van der Waals surface area contributed by atoms with Gasteiger partial charge in [0.25, 0.3) is 5.91 Å². The molecule has 3 amide bonds. The van der Waals surface area contributed by atoms with Crippen molar-refractivity contribution >= 4 is 29.2 Å². The summed E-state index contributed by atoms with van der Waals surface area (Å²) >= 11 is 0. The maximum absolute atomic E-state index is 12.0. The number of hydrogen-bond acceptors (Lipinski definition) is 7. The second kappa shape index (κ2) is 15.8. The third-order valence-electron chi connectivity index (χ3n) is 4.48. The predicted molar refractivity (Wildman–Crippen MR) is 120 cm³/mol. The molecule has 0 bridgehead atoms. The number of carbonyl (C=O) groups is 4. The lowest BCUT2D eigenvalue weighted by atomic mass is 10.1. The molecule has 32 heavy (non-hydrogen) atoms. The van der Waals surface area contributed by atoms with E-state index in [1.807, 2.05) is 0 Å². The van der Waals surface area contributed by atoms with Crippen molar-refractivity contribution in [2.24, 2.45) is 5.73 Å². The number of primary amides is 1. The standard InChI is InChI=1S/C22H34N4O6/c1-16(27)5-4-12-31-13-14-32-15-20(28)26-19(21(24)29)6-2-3-11-25-22(30)17-7-9-18(23)10-8-17/h7-10,19H,2-6,11-15,23H2,1H3,(H2,24,29)(H,25,30)(H,26,28). The molecule has 1 unspecified atom stereocenters. The van der Waals surface area contributed by atoms with Crippen LogP contribution in [0.1, 0.15) is 49.4 Å². The number of benzene rings is 1. The summed E-state index contributed by atoms with van der Waals surface area (Å²) in [7, 11) is 0. The van der Waals surface area contributed by atoms with E-state index in [1.165, 1.54) is 6.92 Å². The molecule has 0 aliphatic heterocycles. The maximum Gasteiger partial charge on any atom is 0.251 e. The van der Waals surface area contributed by atoms with Crippen LogP contribution >= 0.6 is 0 Å². The number of Topliss-reactive ketones (excluding diaryl/α,β-unsaturated/α-hetero) is 1. The van der Waals surface area contributed by atoms with Gasteiger partial charge < -0.3 is 36.4 Å². The van der Waals surface area contributed by atoms with E-state index in [0.717, 1.165) is 0 Å². The summed E-state index contributed by atoms with van der Waals surface area (Å²) in [6, 6.07) is 5.80. The van der Waals surface area contributed by atoms with Crippen molar-refractivity contribution in [3.8, 4) is 0 Å². The largest absolute Gasteiger partial charge is 0.399 e. The highest BCUT2D eigenvalue weighted by molar-refractivity contribution is 5.94. The average molecular weight is 451 g/mol. The SMILES string of the molecule is CC(=O)CCCOCCOCC(=O)NC(CCCCNC(=O)c1ccc(N)cc1)C(N)=O. The van der Waals surface area contributed by atoms with Gasteiger partial charge in [-0.05, 0) is 56.9 Å². The zero-order valence-electron chi connectivity index (χ0n) is 18.6. The van der Waals surface area contributed by atoms with Gasteiger partial charge in [0.15, 0.2) is 0 Å². The van der Waals surface area contributed by atoms with Gasteiger partial charge in [0.05, 0.1) is 13.2 Å². The lowest BCUT2D eigenvalue weighted by Gasteiger charge is -2.15. The van der Waals surface area contributed by atoms with Crippen LogP contribution in [0.4, 0.5) is 5.69 Å². The Kier molecular flexibility index (Phi) is 13.3. The summed E-state index contributed by atoms with van der Waals surface area (Å²) in [5, 5.41) is 5.34. The normalized spacial score (nSPS) is 11.5. The molecule has 0 radical (unpaired) electrons. The Balaban J connectivity index is 2.14. The van der Waals surface area contributed by atoms with E-state index < -0.39 is 17.9 Å². The van der Waals surface area contributed by atoms with Crippen LogP contribution in [0.2, 0.25) is 0 Å². The molecule has 0 aliphatic rings. The molecule has 0 fully saturated rings. The smallest absolute Gasteiger partial charge is 0.251 e. The van der Waals surface area contributed by atoms with E-state index in [9.17, 15) is 19.2 Å². The van der Waals surface area contributed by atoms with Gasteiger partial charge in [0, 0.05) is 30.8 Å². The van der Waals surface area contributed by atoms with Crippen LogP contribution in [-0.4, -0.2) is 62.5 Å². The Bertz CT molecular complexity index is 738. The van der Waals surface area contributed by atoms with Gasteiger partial charge in [-0.2, -0.15) is 0 Å². The maximum atomic E-state index is 12.0. The van der Waals surface area contributed by atoms with Crippen molar-refractivity contribution in [1.82, 2.24) is 10.6 Å². The first kappa shape index (κ1) is 27.1. The van der Waals surface area contributed by atoms with Crippen molar-refractivity contribution in [3.05, 3.63) is 29.8 Å². The van der Waals surface area contributed by atoms with Crippen molar-refractivity contribution < 1.29 is 28.7 Å². The second-order valence-electron chi connectivity index (χ2n) is 7.37. The molecule has 0 spiro atoms. The average Bonchev–Trinajstić information content (AvgIpc) is 2.74. The highest BCUT2D eigenvalue weighted by atomic mass is 16.5. The van der Waals surface area contributed by atoms with Crippen LogP contribution in [0.15, 0.2) is 24.3 Å². The minimum Gasteiger partial charge on any atom is -0.399 e. The van der Waals surface area contributed by atoms with E-state index in [0.29, 0.717) is 63.1 Å². The number of unbranched alkanes of at least 4 members (excludes halogenated alkanes) is 1. The first-order valence-corrected chi connectivity index (χ1v) is 10.7. The summed E-state index contributed by atoms with van der Waals surface area (Å²) in [4.78, 5) is 46.3. The van der Waals surface area contributed by atoms with Crippen LogP contribution in [0.3, 0.4) is 0 Å². The highest BCUT2D eigenvalue weighted by Crippen LogP contribution is 2.06. The number of nitrogens with two attached hydrogens (primary N) is 2. The molecule has 1 aromatic carbocycles. The Hall–Kier alpha value is -2.98. The fourth-order valence-corrected chi connectivity index (χ4v) is 2.74. The molecule has 0 saturated carbocycles. The van der Waals surface area contributed by atoms with Crippen molar-refractivity contribution in [2.75, 3.05) is 38.7 Å². The molecular weight excluding hydrogens is 416 g/mol. The summed E-state index contributed by atoms with van der Waals surface area (Å²) in [5.74, 6) is -1.15. The van der Waals surface area contributed by atoms with Gasteiger partial charge in [-0.25, -0.2) is 0 Å². The van der Waals surface area contributed by atoms with Crippen molar-refractivity contribution in [3.63, 3.8) is 0 Å². The van der Waals surface area contributed by atoms with E-state index in [-0.39, 0.29) is 24.9 Å². The van der Waals surface area contributed by atoms with E-state index in [4.69, 9.17) is 20.9 Å². The van der Waals surface area contributed by atoms with Gasteiger partial charge in [-0.1, -0.05) is 0 Å². The van der Waals surface area contributed by atoms with Crippen LogP contribution in [0.25, 0.3) is 0 Å². The summed E-state index contributed by atoms with van der Waals surface area (Å²) in [5.41, 5.74) is 12.1. The van der Waals surface area contributed by atoms with Gasteiger partial charge in [-0.15, -0.1) is 0 Å². The molecule has 1 aromatic rings. The predicted octanol–water partition coefficient (Wildman–Crippen LogP) is 0.541. The molecule has 1 rings (SSSR count). The number of nitrogens with one attached hydrogen (secondary N) is 2. The summed E-state index contributed by atoms with van der Waals surface area (Å²) in [6.45, 7) is 2.74. The van der Waals surface area contributed by atoms with Crippen LogP contribution in [-0.2, 0) is 23.9 Å². The monoisotopic (exact) mass is 450 g/mol. The molecule has 0 aliphatic carbocycles. The van der Waals surface area contributed by atoms with Crippen LogP contribution in [0.5, 0.6) is 0 Å². The van der Waals surface area contributed by atoms with E-state index >= 15 is 0 Å². The van der Waals surface area contributed by atoms with Gasteiger partial charge in [-0.3, -0.25) is 14.4 Å². The Morgan fingerprint density at radius 1 is 0.969 bits per heavy atom. The molecule has 10 nitrogen and oxygen atoms in total. The zero-order valence-corrected chi connectivity index (χ0v) is 18.6. The molecule has 6 N–H and O–H groups in total. The minimum atomic E-state index is -0.804. The van der Waals surface area contributed by atoms with Gasteiger partial charge in [0.2, 0.25) is 11.8 Å². The number of hydrogen-bond donors (Lipinski definition) is 4. The molecule has 0 saturated heterocycles. The third kappa shape index (κ3) is 12.7. The second-order valence-corrected chi connectivity index (χ2v) is 7.37. The Morgan fingerprint density at radius 3 is 2.31 bits per heavy atom. The first-order chi connectivity index (χ1) is 15.3. The Labute approximate surface area is 188 Å². The Morgan fingerprint density at radius 2 is 1.66 bits per heavy atom. The quantitative estimate of drug-likeness (QED) is 0.199. The minimum absolute atomic E-state index is 0.119. The third-order valence-corrected chi connectivity index (χ3v) is 4.48. The van der Waals surface area contributed by atoms with E-state index in [1.54, 1.807) is 24.3 Å². The topological polar surface area (TPSA) is 163 Å². The van der Waals surface area contributed by atoms with Crippen LogP contribution in [0, 0.1) is 0 Å². The molecule has 1 atom stereocenters. The lowest BCUT2D eigenvalue weighted by molar-refractivity contribution is -0.130. The number of carbonyl (C=O) groups excluding carboxylic acids is 4. The van der Waals surface area contributed by atoms with Gasteiger partial charge >= 0.3 is 0 Å². The number of anilines is 1. The summed E-state index contributed by atoms with van der Waals surface area (Å²) in [6.07, 6.45) is 2.70. The number of ketones is 1. The lowest BCUT2D eigenvalue weighted by Crippen LogP contribution is -2.45. The molecule has 10 heteroatoms. The van der Waals surface area contributed by atoms with Crippen LogP contribution < -0.4 is 22.1 Å². The number of nitrogen functional groups attached to an aromatic ring is 1. The fourth-order valence-electron chi connectivity index (χ4n) is 2.74. The number of rotatable bonds is 17. The molecule has 0 aromatic heterocycles. The zero-order chi connectivity index (χ0) is 23.8. The number of amides is 3. The highest BCUT2D eigenvalue weighted by Gasteiger charge is 2.17. The molecular formula is C22H34N4O6. The molecule has 178 valence electrons. The molecule has 0 heterocycles. The first-order valence-electron chi connectivity index (χ1n) is 10.7. The van der Waals surface area contributed by atoms with Gasteiger partial charge in [0.1, 0.15) is 18.4 Å². The fraction of sp³-hybridized carbons (Fsp3) is 0.545. The van der Waals surface area contributed by atoms with Crippen molar-refractivity contribution in [1.29, 1.82) is 0 Å².